The number of carbonyl (C=O) groups excluding carboxylic acids is 1. The van der Waals surface area contributed by atoms with Crippen LogP contribution >= 0.6 is 11.3 Å². The molecule has 0 unspecified atom stereocenters. The van der Waals surface area contributed by atoms with Crippen molar-refractivity contribution in [2.24, 2.45) is 5.41 Å². The summed E-state index contributed by atoms with van der Waals surface area (Å²) in [6, 6.07) is 10.8. The standard InChI is InChI=1S/C24H24FNO4S/c25-18-10-16-13-28-15-30-22(16)17(11-18)14-29-23(27)24(8-4-1-5-9-24)12-21-26-19-6-2-3-7-20(19)31-21/h2-3,6-7,10-11H,1,4-5,8-9,12-15H2. The topological polar surface area (TPSA) is 57.7 Å². The summed E-state index contributed by atoms with van der Waals surface area (Å²) >= 11 is 1.64. The minimum absolute atomic E-state index is 0.0134. The Morgan fingerprint density at radius 3 is 2.87 bits per heavy atom. The Bertz CT molecular complexity index is 1070. The molecular formula is C24H24FNO4S. The Morgan fingerprint density at radius 2 is 2.03 bits per heavy atom. The quantitative estimate of drug-likeness (QED) is 0.487. The lowest BCUT2D eigenvalue weighted by atomic mass is 9.72. The Hall–Kier alpha value is -2.51. The molecule has 0 radical (unpaired) electrons. The first-order valence-electron chi connectivity index (χ1n) is 10.7. The molecule has 1 saturated carbocycles. The third kappa shape index (κ3) is 4.16. The van der Waals surface area contributed by atoms with Crippen molar-refractivity contribution < 1.29 is 23.4 Å². The summed E-state index contributed by atoms with van der Waals surface area (Å²) < 4.78 is 31.7. The summed E-state index contributed by atoms with van der Waals surface area (Å²) in [7, 11) is 0. The summed E-state index contributed by atoms with van der Waals surface area (Å²) in [6.07, 6.45) is 5.27. The van der Waals surface area contributed by atoms with Crippen molar-refractivity contribution in [1.82, 2.24) is 4.98 Å². The van der Waals surface area contributed by atoms with Crippen LogP contribution in [0.15, 0.2) is 36.4 Å². The summed E-state index contributed by atoms with van der Waals surface area (Å²) in [6.45, 7) is 0.386. The Labute approximate surface area is 184 Å². The number of nitrogens with zero attached hydrogens (tertiary/aromatic N) is 1. The molecule has 2 aliphatic rings. The zero-order chi connectivity index (χ0) is 21.3. The second-order valence-electron chi connectivity index (χ2n) is 8.33. The second kappa shape index (κ2) is 8.55. The van der Waals surface area contributed by atoms with Gasteiger partial charge in [0.15, 0.2) is 6.79 Å². The van der Waals surface area contributed by atoms with Crippen LogP contribution in [0.1, 0.15) is 48.2 Å². The van der Waals surface area contributed by atoms with Crippen molar-refractivity contribution in [3.05, 3.63) is 58.3 Å². The molecule has 1 fully saturated rings. The molecule has 0 spiro atoms. The van der Waals surface area contributed by atoms with Gasteiger partial charge in [-0.15, -0.1) is 11.3 Å². The van der Waals surface area contributed by atoms with E-state index in [9.17, 15) is 9.18 Å². The molecule has 162 valence electrons. The first-order chi connectivity index (χ1) is 15.1. The molecule has 1 aromatic heterocycles. The molecule has 0 N–H and O–H groups in total. The molecule has 1 aliphatic carbocycles. The van der Waals surface area contributed by atoms with E-state index in [1.165, 1.54) is 12.1 Å². The molecule has 2 aromatic carbocycles. The van der Waals surface area contributed by atoms with E-state index in [1.807, 2.05) is 18.2 Å². The molecule has 0 amide bonds. The number of hydrogen-bond donors (Lipinski definition) is 0. The second-order valence-corrected chi connectivity index (χ2v) is 9.45. The minimum atomic E-state index is -0.580. The van der Waals surface area contributed by atoms with Crippen LogP contribution in [0.5, 0.6) is 5.75 Å². The van der Waals surface area contributed by atoms with Gasteiger partial charge in [-0.05, 0) is 37.1 Å². The van der Waals surface area contributed by atoms with Gasteiger partial charge < -0.3 is 14.2 Å². The fourth-order valence-electron chi connectivity index (χ4n) is 4.63. The normalized spacial score (nSPS) is 17.7. The molecular weight excluding hydrogens is 417 g/mol. The van der Waals surface area contributed by atoms with E-state index in [2.05, 4.69) is 6.07 Å². The van der Waals surface area contributed by atoms with E-state index in [0.29, 0.717) is 23.3 Å². The van der Waals surface area contributed by atoms with Crippen LogP contribution in [0.25, 0.3) is 10.2 Å². The Balaban J connectivity index is 1.36. The predicted octanol–water partition coefficient (Wildman–Crippen LogP) is 5.54. The lowest BCUT2D eigenvalue weighted by molar-refractivity contribution is -0.159. The minimum Gasteiger partial charge on any atom is -0.467 e. The largest absolute Gasteiger partial charge is 0.467 e. The number of esters is 1. The smallest absolute Gasteiger partial charge is 0.312 e. The van der Waals surface area contributed by atoms with E-state index in [1.54, 1.807) is 11.3 Å². The highest BCUT2D eigenvalue weighted by atomic mass is 32.1. The number of thiazole rings is 1. The first kappa shape index (κ1) is 20.4. The van der Waals surface area contributed by atoms with E-state index < -0.39 is 5.41 Å². The van der Waals surface area contributed by atoms with Crippen molar-refractivity contribution in [3.8, 4) is 5.75 Å². The zero-order valence-electron chi connectivity index (χ0n) is 17.2. The average molecular weight is 442 g/mol. The molecule has 7 heteroatoms. The van der Waals surface area contributed by atoms with Crippen LogP contribution < -0.4 is 4.74 Å². The van der Waals surface area contributed by atoms with Crippen molar-refractivity contribution in [2.75, 3.05) is 6.79 Å². The fourth-order valence-corrected chi connectivity index (χ4v) is 5.74. The van der Waals surface area contributed by atoms with Crippen LogP contribution in [0.3, 0.4) is 0 Å². The monoisotopic (exact) mass is 441 g/mol. The van der Waals surface area contributed by atoms with Gasteiger partial charge in [0.05, 0.1) is 27.2 Å². The van der Waals surface area contributed by atoms with Gasteiger partial charge in [0, 0.05) is 17.5 Å². The fraction of sp³-hybridized carbons (Fsp3) is 0.417. The Morgan fingerprint density at radius 1 is 1.19 bits per heavy atom. The summed E-state index contributed by atoms with van der Waals surface area (Å²) in [5.74, 6) is -0.0541. The number of aromatic nitrogens is 1. The summed E-state index contributed by atoms with van der Waals surface area (Å²) in [4.78, 5) is 18.1. The molecule has 0 bridgehead atoms. The summed E-state index contributed by atoms with van der Waals surface area (Å²) in [5, 5.41) is 0.962. The highest BCUT2D eigenvalue weighted by Gasteiger charge is 2.42. The van der Waals surface area contributed by atoms with E-state index in [-0.39, 0.29) is 31.8 Å². The number of para-hydroxylation sites is 1. The van der Waals surface area contributed by atoms with Gasteiger partial charge >= 0.3 is 5.97 Å². The van der Waals surface area contributed by atoms with Crippen molar-refractivity contribution in [2.45, 2.75) is 51.7 Å². The van der Waals surface area contributed by atoms with Crippen LogP contribution in [-0.2, 0) is 33.9 Å². The third-order valence-corrected chi connectivity index (χ3v) is 7.22. The van der Waals surface area contributed by atoms with Crippen LogP contribution in [0, 0.1) is 11.2 Å². The van der Waals surface area contributed by atoms with Gasteiger partial charge in [0.25, 0.3) is 0 Å². The van der Waals surface area contributed by atoms with Gasteiger partial charge in [0.2, 0.25) is 0 Å². The lowest BCUT2D eigenvalue weighted by Gasteiger charge is -2.34. The van der Waals surface area contributed by atoms with Gasteiger partial charge in [-0.2, -0.15) is 0 Å². The van der Waals surface area contributed by atoms with Crippen LogP contribution in [0.4, 0.5) is 4.39 Å². The van der Waals surface area contributed by atoms with Gasteiger partial charge in [-0.25, -0.2) is 9.37 Å². The maximum atomic E-state index is 14.0. The number of benzene rings is 2. The highest BCUT2D eigenvalue weighted by molar-refractivity contribution is 7.18. The number of ether oxygens (including phenoxy) is 3. The molecule has 2 heterocycles. The van der Waals surface area contributed by atoms with Gasteiger partial charge in [0.1, 0.15) is 18.2 Å². The molecule has 5 rings (SSSR count). The number of halogens is 1. The van der Waals surface area contributed by atoms with E-state index in [0.717, 1.165) is 47.3 Å². The van der Waals surface area contributed by atoms with Crippen molar-refractivity contribution in [1.29, 1.82) is 0 Å². The number of rotatable bonds is 5. The number of hydrogen-bond acceptors (Lipinski definition) is 6. The van der Waals surface area contributed by atoms with Gasteiger partial charge in [-0.3, -0.25) is 4.79 Å². The maximum Gasteiger partial charge on any atom is 0.312 e. The van der Waals surface area contributed by atoms with E-state index >= 15 is 0 Å². The highest BCUT2D eigenvalue weighted by Crippen LogP contribution is 2.42. The number of carbonyl (C=O) groups is 1. The summed E-state index contributed by atoms with van der Waals surface area (Å²) in [5.41, 5.74) is 1.56. The SMILES string of the molecule is O=C(OCc1cc(F)cc2c1OCOC2)C1(Cc2nc3ccccc3s2)CCCCC1. The molecule has 3 aromatic rings. The molecule has 1 aliphatic heterocycles. The maximum absolute atomic E-state index is 14.0. The van der Waals surface area contributed by atoms with Crippen molar-refractivity contribution in [3.63, 3.8) is 0 Å². The van der Waals surface area contributed by atoms with E-state index in [4.69, 9.17) is 19.2 Å². The zero-order valence-corrected chi connectivity index (χ0v) is 18.0. The molecule has 0 atom stereocenters. The average Bonchev–Trinajstić information content (AvgIpc) is 3.19. The van der Waals surface area contributed by atoms with Crippen molar-refractivity contribution >= 4 is 27.5 Å². The van der Waals surface area contributed by atoms with Crippen LogP contribution in [0.2, 0.25) is 0 Å². The first-order valence-corrected chi connectivity index (χ1v) is 11.5. The molecule has 31 heavy (non-hydrogen) atoms. The molecule has 0 saturated heterocycles. The predicted molar refractivity (Wildman–Crippen MR) is 115 cm³/mol. The molecule has 5 nitrogen and oxygen atoms in total. The number of fused-ring (bicyclic) bond motifs is 2. The third-order valence-electron chi connectivity index (χ3n) is 6.18. The lowest BCUT2D eigenvalue weighted by Crippen LogP contribution is -2.37. The van der Waals surface area contributed by atoms with Crippen LogP contribution in [-0.4, -0.2) is 17.7 Å². The Kier molecular flexibility index (Phi) is 5.63. The van der Waals surface area contributed by atoms with Gasteiger partial charge in [-0.1, -0.05) is 31.4 Å².